The van der Waals surface area contributed by atoms with E-state index in [0.29, 0.717) is 19.3 Å². The summed E-state index contributed by atoms with van der Waals surface area (Å²) < 4.78 is 16.9. The first-order valence-electron chi connectivity index (χ1n) is 31.1. The summed E-state index contributed by atoms with van der Waals surface area (Å²) in [5.74, 6) is -0.880. The summed E-state index contributed by atoms with van der Waals surface area (Å²) >= 11 is 0. The van der Waals surface area contributed by atoms with Crippen molar-refractivity contribution in [2.75, 3.05) is 13.2 Å². The lowest BCUT2D eigenvalue weighted by molar-refractivity contribution is -0.167. The highest BCUT2D eigenvalue weighted by Crippen LogP contribution is 2.16. The molecule has 0 aliphatic heterocycles. The highest BCUT2D eigenvalue weighted by Gasteiger charge is 2.19. The fourth-order valence-corrected chi connectivity index (χ4v) is 9.05. The summed E-state index contributed by atoms with van der Waals surface area (Å²) in [5, 5.41) is 0. The second-order valence-corrected chi connectivity index (χ2v) is 21.0. The highest BCUT2D eigenvalue weighted by atomic mass is 16.6. The lowest BCUT2D eigenvalue weighted by atomic mass is 10.0. The van der Waals surface area contributed by atoms with Crippen LogP contribution in [-0.4, -0.2) is 37.2 Å². The number of rotatable bonds is 57. The van der Waals surface area contributed by atoms with Crippen molar-refractivity contribution in [3.05, 3.63) is 48.6 Å². The van der Waals surface area contributed by atoms with Crippen LogP contribution in [0.5, 0.6) is 0 Å². The van der Waals surface area contributed by atoms with Crippen molar-refractivity contribution >= 4 is 17.9 Å². The fraction of sp³-hybridized carbons (Fsp3) is 0.831. The number of carbonyl (C=O) groups excluding carboxylic acids is 3. The molecule has 0 spiro atoms. The molecule has 0 aromatic heterocycles. The zero-order valence-electron chi connectivity index (χ0n) is 47.5. The molecule has 0 fully saturated rings. The van der Waals surface area contributed by atoms with Crippen LogP contribution in [0.15, 0.2) is 48.6 Å². The van der Waals surface area contributed by atoms with E-state index >= 15 is 0 Å². The number of carbonyl (C=O) groups is 3. The predicted octanol–water partition coefficient (Wildman–Crippen LogP) is 21.0. The molecule has 1 unspecified atom stereocenters. The predicted molar refractivity (Wildman–Crippen MR) is 307 cm³/mol. The summed E-state index contributed by atoms with van der Waals surface area (Å²) in [4.78, 5) is 38.2. The van der Waals surface area contributed by atoms with Gasteiger partial charge in [-0.05, 0) is 103 Å². The minimum Gasteiger partial charge on any atom is -0.462 e. The van der Waals surface area contributed by atoms with E-state index in [1.165, 1.54) is 212 Å². The zero-order chi connectivity index (χ0) is 51.4. The third-order valence-electron chi connectivity index (χ3n) is 13.8. The van der Waals surface area contributed by atoms with Crippen molar-refractivity contribution in [3.63, 3.8) is 0 Å². The average Bonchev–Trinajstić information content (AvgIpc) is 3.37. The molecule has 0 aromatic rings. The molecule has 0 saturated carbocycles. The van der Waals surface area contributed by atoms with Crippen molar-refractivity contribution < 1.29 is 28.6 Å². The minimum absolute atomic E-state index is 0.0774. The van der Waals surface area contributed by atoms with Crippen molar-refractivity contribution in [2.24, 2.45) is 0 Å². The lowest BCUT2D eigenvalue weighted by Crippen LogP contribution is -2.30. The van der Waals surface area contributed by atoms with Gasteiger partial charge in [0.1, 0.15) is 13.2 Å². The molecule has 71 heavy (non-hydrogen) atoms. The van der Waals surface area contributed by atoms with Crippen LogP contribution < -0.4 is 0 Å². The molecule has 0 radical (unpaired) electrons. The van der Waals surface area contributed by atoms with E-state index in [0.717, 1.165) is 77.0 Å². The Balaban J connectivity index is 4.29. The summed E-state index contributed by atoms with van der Waals surface area (Å²) in [6, 6.07) is 0. The summed E-state index contributed by atoms with van der Waals surface area (Å²) in [7, 11) is 0. The van der Waals surface area contributed by atoms with Crippen LogP contribution in [0.25, 0.3) is 0 Å². The van der Waals surface area contributed by atoms with Gasteiger partial charge in [-0.1, -0.05) is 256 Å². The summed E-state index contributed by atoms with van der Waals surface area (Å²) in [5.41, 5.74) is 0. The van der Waals surface area contributed by atoms with Gasteiger partial charge in [0.25, 0.3) is 0 Å². The van der Waals surface area contributed by atoms with Gasteiger partial charge < -0.3 is 14.2 Å². The standard InChI is InChI=1S/C65H118O6/c1-4-7-10-13-16-19-22-25-27-29-31-32-33-34-35-37-38-40-43-46-49-52-55-58-64(67)70-61-62(60-69-63(66)57-54-51-48-45-42-24-21-18-15-12-9-6-3)71-65(68)59-56-53-50-47-44-41-39-36-30-28-26-23-20-17-14-11-8-5-2/h18,20-21,23,28-31,62H,4-17,19,22,24-27,32-61H2,1-3H3/b21-18-,23-20-,30-28-,31-29-. The van der Waals surface area contributed by atoms with Gasteiger partial charge in [-0.25, -0.2) is 0 Å². The average molecular weight is 996 g/mol. The van der Waals surface area contributed by atoms with Gasteiger partial charge in [-0.2, -0.15) is 0 Å². The Labute approximate surface area is 441 Å². The van der Waals surface area contributed by atoms with Crippen LogP contribution in [0.1, 0.15) is 329 Å². The van der Waals surface area contributed by atoms with Crippen molar-refractivity contribution in [2.45, 2.75) is 335 Å². The molecule has 0 saturated heterocycles. The fourth-order valence-electron chi connectivity index (χ4n) is 9.05. The number of hydrogen-bond donors (Lipinski definition) is 0. The zero-order valence-corrected chi connectivity index (χ0v) is 47.5. The molecule has 0 amide bonds. The van der Waals surface area contributed by atoms with E-state index in [4.69, 9.17) is 14.2 Å². The molecule has 0 aliphatic rings. The number of hydrogen-bond acceptors (Lipinski definition) is 6. The SMILES string of the molecule is CCCCC/C=C\CCCCCCCC(=O)OCC(COC(=O)CCCCCCCCCCCCC/C=C\CCCCCCCCCC)OC(=O)CCCCCCCCC/C=C\C/C=C\CCCCCC. The first-order valence-corrected chi connectivity index (χ1v) is 31.1. The Morgan fingerprint density at radius 3 is 0.831 bits per heavy atom. The summed E-state index contributed by atoms with van der Waals surface area (Å²) in [6.07, 6.45) is 74.0. The van der Waals surface area contributed by atoms with Gasteiger partial charge in [0.05, 0.1) is 0 Å². The molecular formula is C65H118O6. The van der Waals surface area contributed by atoms with Crippen molar-refractivity contribution in [3.8, 4) is 0 Å². The molecule has 0 bridgehead atoms. The number of unbranched alkanes of at least 4 members (excludes halogenated alkanes) is 38. The number of esters is 3. The smallest absolute Gasteiger partial charge is 0.306 e. The van der Waals surface area contributed by atoms with Crippen LogP contribution in [-0.2, 0) is 28.6 Å². The molecule has 0 aliphatic carbocycles. The third-order valence-corrected chi connectivity index (χ3v) is 13.8. The van der Waals surface area contributed by atoms with E-state index in [9.17, 15) is 14.4 Å². The molecule has 0 aromatic carbocycles. The first-order chi connectivity index (χ1) is 35.0. The second-order valence-electron chi connectivity index (χ2n) is 21.0. The van der Waals surface area contributed by atoms with Crippen LogP contribution in [0, 0.1) is 0 Å². The van der Waals surface area contributed by atoms with Crippen LogP contribution in [0.4, 0.5) is 0 Å². The topological polar surface area (TPSA) is 78.9 Å². The molecule has 0 heterocycles. The Morgan fingerprint density at radius 2 is 0.507 bits per heavy atom. The first kappa shape index (κ1) is 68.4. The molecule has 1 atom stereocenters. The number of allylic oxidation sites excluding steroid dienone is 8. The maximum Gasteiger partial charge on any atom is 0.306 e. The van der Waals surface area contributed by atoms with E-state index < -0.39 is 6.10 Å². The van der Waals surface area contributed by atoms with Gasteiger partial charge >= 0.3 is 17.9 Å². The molecule has 6 heteroatoms. The van der Waals surface area contributed by atoms with Crippen LogP contribution in [0.2, 0.25) is 0 Å². The van der Waals surface area contributed by atoms with Gasteiger partial charge in [0, 0.05) is 19.3 Å². The van der Waals surface area contributed by atoms with Gasteiger partial charge in [0.2, 0.25) is 0 Å². The van der Waals surface area contributed by atoms with Gasteiger partial charge in [-0.15, -0.1) is 0 Å². The molecular weight excluding hydrogens is 877 g/mol. The van der Waals surface area contributed by atoms with Crippen molar-refractivity contribution in [1.29, 1.82) is 0 Å². The Kier molecular flexibility index (Phi) is 57.7. The Bertz CT molecular complexity index is 1230. The largest absolute Gasteiger partial charge is 0.462 e. The van der Waals surface area contributed by atoms with Crippen molar-refractivity contribution in [1.82, 2.24) is 0 Å². The van der Waals surface area contributed by atoms with Crippen LogP contribution >= 0.6 is 0 Å². The van der Waals surface area contributed by atoms with E-state index in [2.05, 4.69) is 69.4 Å². The third kappa shape index (κ3) is 58.1. The minimum atomic E-state index is -0.780. The van der Waals surface area contributed by atoms with E-state index in [1.807, 2.05) is 0 Å². The quantitative estimate of drug-likeness (QED) is 0.0261. The van der Waals surface area contributed by atoms with E-state index in [1.54, 1.807) is 0 Å². The lowest BCUT2D eigenvalue weighted by Gasteiger charge is -2.18. The maximum absolute atomic E-state index is 12.9. The molecule has 0 N–H and O–H groups in total. The van der Waals surface area contributed by atoms with Gasteiger partial charge in [-0.3, -0.25) is 14.4 Å². The number of ether oxygens (including phenoxy) is 3. The Morgan fingerprint density at radius 1 is 0.282 bits per heavy atom. The maximum atomic E-state index is 12.9. The summed E-state index contributed by atoms with van der Waals surface area (Å²) in [6.45, 7) is 6.62. The second kappa shape index (κ2) is 59.9. The van der Waals surface area contributed by atoms with Crippen LogP contribution in [0.3, 0.4) is 0 Å². The normalized spacial score (nSPS) is 12.3. The van der Waals surface area contributed by atoms with E-state index in [-0.39, 0.29) is 31.1 Å². The van der Waals surface area contributed by atoms with Gasteiger partial charge in [0.15, 0.2) is 6.10 Å². The highest BCUT2D eigenvalue weighted by molar-refractivity contribution is 5.71. The molecule has 0 rings (SSSR count). The molecule has 6 nitrogen and oxygen atoms in total. The molecule has 414 valence electrons. The Hall–Kier alpha value is -2.63. The monoisotopic (exact) mass is 995 g/mol.